The zero-order chi connectivity index (χ0) is 7.82. The van der Waals surface area contributed by atoms with Gasteiger partial charge in [0.2, 0.25) is 0 Å². The summed E-state index contributed by atoms with van der Waals surface area (Å²) in [6.07, 6.45) is 9.30. The van der Waals surface area contributed by atoms with Gasteiger partial charge < -0.3 is 0 Å². The molecule has 0 saturated heterocycles. The van der Waals surface area contributed by atoms with Crippen molar-refractivity contribution in [3.05, 3.63) is 6.42 Å². The highest BCUT2D eigenvalue weighted by atomic mass is 14.0. The fraction of sp³-hybridized carbons (Fsp3) is 0.900. The van der Waals surface area contributed by atoms with Crippen molar-refractivity contribution in [2.45, 2.75) is 52.9 Å². The zero-order valence-electron chi connectivity index (χ0n) is 7.69. The van der Waals surface area contributed by atoms with E-state index in [0.29, 0.717) is 0 Å². The molecule has 0 aromatic rings. The molecule has 0 heteroatoms. The van der Waals surface area contributed by atoms with E-state index in [0.717, 1.165) is 5.92 Å². The third-order valence-corrected chi connectivity index (χ3v) is 1.70. The summed E-state index contributed by atoms with van der Waals surface area (Å²) in [4.78, 5) is 0. The van der Waals surface area contributed by atoms with Crippen LogP contribution in [0.5, 0.6) is 0 Å². The van der Waals surface area contributed by atoms with E-state index in [9.17, 15) is 0 Å². The Labute approximate surface area is 66.0 Å². The molecule has 0 bridgehead atoms. The van der Waals surface area contributed by atoms with Gasteiger partial charge in [-0.1, -0.05) is 46.5 Å². The van der Waals surface area contributed by atoms with Crippen LogP contribution < -0.4 is 0 Å². The molecule has 0 nitrogen and oxygen atoms in total. The van der Waals surface area contributed by atoms with Crippen LogP contribution in [0.1, 0.15) is 52.9 Å². The molecule has 0 saturated carbocycles. The summed E-state index contributed by atoms with van der Waals surface area (Å²) in [6, 6.07) is 0. The molecule has 0 spiro atoms. The van der Waals surface area contributed by atoms with Crippen molar-refractivity contribution in [2.75, 3.05) is 0 Å². The van der Waals surface area contributed by atoms with Crippen LogP contribution in [0.3, 0.4) is 0 Å². The molecule has 0 rings (SSSR count). The highest BCUT2D eigenvalue weighted by Crippen LogP contribution is 2.08. The van der Waals surface area contributed by atoms with Gasteiger partial charge in [0.15, 0.2) is 0 Å². The molecule has 0 fully saturated rings. The van der Waals surface area contributed by atoms with Crippen LogP contribution in [0.2, 0.25) is 0 Å². The standard InChI is InChI=1S/C10H21/c1-4-5-6-7-8-9-10(2)3/h9-10H,4-8H2,1-3H3. The third-order valence-electron chi connectivity index (χ3n) is 1.70. The second-order valence-electron chi connectivity index (χ2n) is 3.33. The highest BCUT2D eigenvalue weighted by Gasteiger charge is 1.93. The SMILES string of the molecule is CCCCCC[CH]C(C)C. The molecule has 0 aromatic carbocycles. The maximum Gasteiger partial charge on any atom is -0.0360 e. The van der Waals surface area contributed by atoms with Crippen molar-refractivity contribution in [2.24, 2.45) is 5.92 Å². The smallest absolute Gasteiger partial charge is 0.0360 e. The summed E-state index contributed by atoms with van der Waals surface area (Å²) < 4.78 is 0. The van der Waals surface area contributed by atoms with Crippen LogP contribution in [-0.4, -0.2) is 0 Å². The molecule has 0 heterocycles. The minimum absolute atomic E-state index is 0.779. The third kappa shape index (κ3) is 8.00. The average molecular weight is 141 g/mol. The quantitative estimate of drug-likeness (QED) is 0.493. The van der Waals surface area contributed by atoms with E-state index in [1.54, 1.807) is 0 Å². The van der Waals surface area contributed by atoms with Crippen molar-refractivity contribution < 1.29 is 0 Å². The van der Waals surface area contributed by atoms with Gasteiger partial charge >= 0.3 is 0 Å². The van der Waals surface area contributed by atoms with Gasteiger partial charge in [0.05, 0.1) is 0 Å². The minimum atomic E-state index is 0.779. The normalized spacial score (nSPS) is 10.8. The van der Waals surface area contributed by atoms with E-state index < -0.39 is 0 Å². The molecule has 0 N–H and O–H groups in total. The second kappa shape index (κ2) is 7.11. The van der Waals surface area contributed by atoms with Gasteiger partial charge in [-0.15, -0.1) is 0 Å². The first-order valence-electron chi connectivity index (χ1n) is 4.60. The topological polar surface area (TPSA) is 0 Å². The Morgan fingerprint density at radius 3 is 2.30 bits per heavy atom. The van der Waals surface area contributed by atoms with Gasteiger partial charge in [0.1, 0.15) is 0 Å². The van der Waals surface area contributed by atoms with Crippen LogP contribution in [0.25, 0.3) is 0 Å². The van der Waals surface area contributed by atoms with Crippen molar-refractivity contribution >= 4 is 0 Å². The summed E-state index contributed by atoms with van der Waals surface area (Å²) in [5.74, 6) is 0.779. The number of unbranched alkanes of at least 4 members (excludes halogenated alkanes) is 4. The summed E-state index contributed by atoms with van der Waals surface area (Å²) in [7, 11) is 0. The Morgan fingerprint density at radius 1 is 1.10 bits per heavy atom. The molecule has 0 aromatic heterocycles. The predicted octanol–water partition coefficient (Wildman–Crippen LogP) is 3.82. The Balaban J connectivity index is 2.77. The Kier molecular flexibility index (Phi) is 7.11. The van der Waals surface area contributed by atoms with E-state index in [1.165, 1.54) is 32.1 Å². The molecule has 0 aliphatic heterocycles. The molecule has 0 aliphatic rings. The molecular formula is C10H21. The van der Waals surface area contributed by atoms with Crippen LogP contribution in [0.15, 0.2) is 0 Å². The lowest BCUT2D eigenvalue weighted by atomic mass is 10.0. The first-order valence-corrected chi connectivity index (χ1v) is 4.60. The molecular weight excluding hydrogens is 120 g/mol. The molecule has 0 atom stereocenters. The lowest BCUT2D eigenvalue weighted by Gasteiger charge is -2.02. The monoisotopic (exact) mass is 141 g/mol. The number of hydrogen-bond donors (Lipinski definition) is 0. The van der Waals surface area contributed by atoms with Crippen molar-refractivity contribution in [3.8, 4) is 0 Å². The fourth-order valence-corrected chi connectivity index (χ4v) is 1.02. The molecule has 0 aliphatic carbocycles. The maximum atomic E-state index is 2.41. The van der Waals surface area contributed by atoms with E-state index in [1.807, 2.05) is 0 Å². The van der Waals surface area contributed by atoms with Crippen molar-refractivity contribution in [3.63, 3.8) is 0 Å². The first-order chi connectivity index (χ1) is 4.77. The summed E-state index contributed by atoms with van der Waals surface area (Å²) in [5.41, 5.74) is 0. The predicted molar refractivity (Wildman–Crippen MR) is 47.9 cm³/mol. The van der Waals surface area contributed by atoms with E-state index in [-0.39, 0.29) is 0 Å². The van der Waals surface area contributed by atoms with Gasteiger partial charge in [-0.25, -0.2) is 0 Å². The molecule has 0 unspecified atom stereocenters. The van der Waals surface area contributed by atoms with E-state index in [4.69, 9.17) is 0 Å². The molecule has 0 amide bonds. The lowest BCUT2D eigenvalue weighted by Crippen LogP contribution is -1.87. The molecule has 61 valence electrons. The second-order valence-corrected chi connectivity index (χ2v) is 3.33. The first kappa shape index (κ1) is 10.0. The van der Waals surface area contributed by atoms with Crippen LogP contribution in [0, 0.1) is 12.3 Å². The van der Waals surface area contributed by atoms with Crippen LogP contribution in [-0.2, 0) is 0 Å². The Morgan fingerprint density at radius 2 is 1.80 bits per heavy atom. The fourth-order valence-electron chi connectivity index (χ4n) is 1.02. The minimum Gasteiger partial charge on any atom is -0.0654 e. The van der Waals surface area contributed by atoms with E-state index in [2.05, 4.69) is 27.2 Å². The van der Waals surface area contributed by atoms with Gasteiger partial charge in [0, 0.05) is 0 Å². The highest BCUT2D eigenvalue weighted by molar-refractivity contribution is 4.67. The number of rotatable bonds is 6. The van der Waals surface area contributed by atoms with Gasteiger partial charge in [0.25, 0.3) is 0 Å². The van der Waals surface area contributed by atoms with Gasteiger partial charge in [-0.3, -0.25) is 0 Å². The largest absolute Gasteiger partial charge is 0.0654 e. The van der Waals surface area contributed by atoms with Gasteiger partial charge in [-0.2, -0.15) is 0 Å². The Hall–Kier alpha value is 0. The van der Waals surface area contributed by atoms with Crippen LogP contribution >= 0.6 is 0 Å². The van der Waals surface area contributed by atoms with Gasteiger partial charge in [-0.05, 0) is 18.8 Å². The summed E-state index contributed by atoms with van der Waals surface area (Å²) in [6.45, 7) is 6.76. The van der Waals surface area contributed by atoms with Crippen molar-refractivity contribution in [1.29, 1.82) is 0 Å². The molecule has 1 radical (unpaired) electrons. The molecule has 10 heavy (non-hydrogen) atoms. The summed E-state index contributed by atoms with van der Waals surface area (Å²) >= 11 is 0. The lowest BCUT2D eigenvalue weighted by molar-refractivity contribution is 0.619. The average Bonchev–Trinajstić information content (AvgIpc) is 1.87. The number of hydrogen-bond acceptors (Lipinski definition) is 0. The van der Waals surface area contributed by atoms with Crippen LogP contribution in [0.4, 0.5) is 0 Å². The van der Waals surface area contributed by atoms with Crippen molar-refractivity contribution in [1.82, 2.24) is 0 Å². The van der Waals surface area contributed by atoms with E-state index >= 15 is 0 Å². The maximum absolute atomic E-state index is 2.41. The zero-order valence-corrected chi connectivity index (χ0v) is 7.69. The summed E-state index contributed by atoms with van der Waals surface area (Å²) in [5, 5.41) is 0. The Bertz CT molecular complexity index is 55.1.